The summed E-state index contributed by atoms with van der Waals surface area (Å²) in [5, 5.41) is 22.0. The molecule has 1 aromatic heterocycles. The molecular formula is C42H30N4O. The molecule has 7 aromatic carbocycles. The van der Waals surface area contributed by atoms with Crippen molar-refractivity contribution in [3.8, 4) is 0 Å². The van der Waals surface area contributed by atoms with Crippen LogP contribution in [0, 0.1) is 0 Å². The molecule has 47 heavy (non-hydrogen) atoms. The predicted octanol–water partition coefficient (Wildman–Crippen LogP) is 9.82. The molecule has 3 heterocycles. The van der Waals surface area contributed by atoms with Gasteiger partial charge in [0.2, 0.25) is 5.88 Å². The van der Waals surface area contributed by atoms with E-state index in [9.17, 15) is 0 Å². The maximum absolute atomic E-state index is 6.25. The minimum atomic E-state index is -0.276. The second-order valence-corrected chi connectivity index (χ2v) is 12.5. The Labute approximate surface area is 271 Å². The molecule has 0 saturated heterocycles. The Morgan fingerprint density at radius 1 is 0.617 bits per heavy atom. The summed E-state index contributed by atoms with van der Waals surface area (Å²) in [7, 11) is 0. The molecule has 0 aliphatic carbocycles. The zero-order chi connectivity index (χ0) is 30.9. The van der Waals surface area contributed by atoms with Crippen LogP contribution >= 0.6 is 0 Å². The number of fused-ring (bicyclic) bond motifs is 9. The standard InChI is InChI=1S/C42H30N4O/c1-2-9-28-23-30(19-14-25(28)7-1)39-44-40(46-41(45-39)34-11-5-13-36-38(34)35-12-6-22-43-42(35)47-36)31-20-21-33-29(24-31)18-17-27-16-15-26-8-3-4-10-32(26)37(27)33/h1-21,23-24,39-40,43-44H,22H2,(H,45,46). The van der Waals surface area contributed by atoms with Crippen LogP contribution in [0.1, 0.15) is 34.6 Å². The van der Waals surface area contributed by atoms with E-state index in [4.69, 9.17) is 9.41 Å². The molecule has 224 valence electrons. The zero-order valence-corrected chi connectivity index (χ0v) is 25.5. The van der Waals surface area contributed by atoms with Crippen molar-refractivity contribution in [1.29, 1.82) is 0 Å². The molecule has 2 aliphatic heterocycles. The van der Waals surface area contributed by atoms with Crippen LogP contribution in [0.3, 0.4) is 0 Å². The van der Waals surface area contributed by atoms with Crippen LogP contribution in [0.5, 0.6) is 0 Å². The molecule has 0 saturated carbocycles. The topological polar surface area (TPSA) is 61.6 Å². The van der Waals surface area contributed by atoms with Gasteiger partial charge in [0.05, 0.1) is 0 Å². The summed E-state index contributed by atoms with van der Waals surface area (Å²) in [4.78, 5) is 5.37. The molecular weight excluding hydrogens is 576 g/mol. The summed E-state index contributed by atoms with van der Waals surface area (Å²) in [6.45, 7) is 0.754. The Hall–Kier alpha value is -5.91. The summed E-state index contributed by atoms with van der Waals surface area (Å²) in [5.41, 5.74) is 5.20. The molecule has 5 nitrogen and oxygen atoms in total. The van der Waals surface area contributed by atoms with Gasteiger partial charge in [-0.2, -0.15) is 0 Å². The van der Waals surface area contributed by atoms with Crippen LogP contribution in [0.25, 0.3) is 60.1 Å². The summed E-state index contributed by atoms with van der Waals surface area (Å²) < 4.78 is 6.25. The van der Waals surface area contributed by atoms with E-state index >= 15 is 0 Å². The molecule has 8 aromatic rings. The summed E-state index contributed by atoms with van der Waals surface area (Å²) in [6.07, 6.45) is 3.84. The third-order valence-electron chi connectivity index (χ3n) is 9.71. The first-order valence-electron chi connectivity index (χ1n) is 16.2. The number of nitrogens with zero attached hydrogens (tertiary/aromatic N) is 1. The molecule has 2 atom stereocenters. The number of furan rings is 1. The van der Waals surface area contributed by atoms with Crippen LogP contribution in [0.2, 0.25) is 0 Å². The second-order valence-electron chi connectivity index (χ2n) is 12.5. The molecule has 10 rings (SSSR count). The number of aliphatic imine (C=N–C) groups is 1. The molecule has 3 N–H and O–H groups in total. The fraction of sp³-hybridized carbons (Fsp3) is 0.0714. The quantitative estimate of drug-likeness (QED) is 0.175. The van der Waals surface area contributed by atoms with Crippen LogP contribution in [0.15, 0.2) is 143 Å². The van der Waals surface area contributed by atoms with E-state index in [0.29, 0.717) is 0 Å². The van der Waals surface area contributed by atoms with Gasteiger partial charge in [0.25, 0.3) is 0 Å². The lowest BCUT2D eigenvalue weighted by atomic mass is 9.95. The third-order valence-corrected chi connectivity index (χ3v) is 9.71. The lowest BCUT2D eigenvalue weighted by Crippen LogP contribution is -2.45. The lowest BCUT2D eigenvalue weighted by molar-refractivity contribution is 0.409. The van der Waals surface area contributed by atoms with E-state index in [1.165, 1.54) is 43.1 Å². The highest BCUT2D eigenvalue weighted by molar-refractivity contribution is 6.20. The summed E-state index contributed by atoms with van der Waals surface area (Å²) in [5.74, 6) is 1.64. The molecule has 0 spiro atoms. The first kappa shape index (κ1) is 26.3. The highest BCUT2D eigenvalue weighted by Crippen LogP contribution is 2.38. The second kappa shape index (κ2) is 10.3. The van der Waals surface area contributed by atoms with Gasteiger partial charge in [-0.1, -0.05) is 121 Å². The van der Waals surface area contributed by atoms with Crippen molar-refractivity contribution in [3.05, 3.63) is 156 Å². The number of hydrogen-bond donors (Lipinski definition) is 3. The van der Waals surface area contributed by atoms with Crippen molar-refractivity contribution >= 4 is 71.9 Å². The molecule has 2 aliphatic rings. The average Bonchev–Trinajstić information content (AvgIpc) is 3.53. The molecule has 2 unspecified atom stereocenters. The SMILES string of the molecule is C1=Cc2c(oc3cccc(C4=NC(c5ccc6c(ccc7ccc8ccccc8c76)c5)NC(c5ccc6ccccc6c5)N4)c23)NC1. The van der Waals surface area contributed by atoms with Crippen LogP contribution in [0.4, 0.5) is 5.88 Å². The smallest absolute Gasteiger partial charge is 0.201 e. The van der Waals surface area contributed by atoms with Gasteiger partial charge in [0.1, 0.15) is 23.8 Å². The summed E-state index contributed by atoms with van der Waals surface area (Å²) >= 11 is 0. The van der Waals surface area contributed by atoms with E-state index in [1.807, 2.05) is 12.1 Å². The van der Waals surface area contributed by atoms with Gasteiger partial charge >= 0.3 is 0 Å². The maximum atomic E-state index is 6.25. The van der Waals surface area contributed by atoms with Crippen molar-refractivity contribution in [2.45, 2.75) is 12.3 Å². The van der Waals surface area contributed by atoms with Crippen molar-refractivity contribution in [3.63, 3.8) is 0 Å². The van der Waals surface area contributed by atoms with Gasteiger partial charge in [-0.25, -0.2) is 4.99 Å². The first-order valence-corrected chi connectivity index (χ1v) is 16.2. The molecule has 0 radical (unpaired) electrons. The van der Waals surface area contributed by atoms with Crippen molar-refractivity contribution in [2.24, 2.45) is 4.99 Å². The van der Waals surface area contributed by atoms with Gasteiger partial charge in [0.15, 0.2) is 0 Å². The molecule has 0 fully saturated rings. The van der Waals surface area contributed by atoms with Crippen LogP contribution in [-0.2, 0) is 0 Å². The number of benzene rings is 7. The van der Waals surface area contributed by atoms with E-state index in [1.54, 1.807) is 0 Å². The van der Waals surface area contributed by atoms with Crippen LogP contribution in [-0.4, -0.2) is 12.4 Å². The van der Waals surface area contributed by atoms with Gasteiger partial charge in [-0.05, 0) is 72.4 Å². The number of hydrogen-bond acceptors (Lipinski definition) is 5. The highest BCUT2D eigenvalue weighted by Gasteiger charge is 2.28. The zero-order valence-electron chi connectivity index (χ0n) is 25.5. The van der Waals surface area contributed by atoms with Gasteiger partial charge in [-0.15, -0.1) is 0 Å². The molecule has 0 bridgehead atoms. The molecule has 0 amide bonds. The highest BCUT2D eigenvalue weighted by atomic mass is 16.3. The largest absolute Gasteiger partial charge is 0.440 e. The fourth-order valence-corrected chi connectivity index (χ4v) is 7.44. The van der Waals surface area contributed by atoms with Crippen LogP contribution < -0.4 is 16.0 Å². The Morgan fingerprint density at radius 3 is 2.30 bits per heavy atom. The van der Waals surface area contributed by atoms with Gasteiger partial charge in [0, 0.05) is 23.1 Å². The fourth-order valence-electron chi connectivity index (χ4n) is 7.44. The third kappa shape index (κ3) is 4.24. The van der Waals surface area contributed by atoms with E-state index < -0.39 is 0 Å². The lowest BCUT2D eigenvalue weighted by Gasteiger charge is -2.32. The Morgan fingerprint density at radius 2 is 1.36 bits per heavy atom. The average molecular weight is 607 g/mol. The van der Waals surface area contributed by atoms with Crippen molar-refractivity contribution in [1.82, 2.24) is 10.6 Å². The van der Waals surface area contributed by atoms with E-state index in [-0.39, 0.29) is 12.3 Å². The Kier molecular flexibility index (Phi) is 5.77. The Bertz CT molecular complexity index is 2610. The molecule has 5 heteroatoms. The normalized spacial score (nSPS) is 17.6. The number of rotatable bonds is 3. The number of amidine groups is 1. The number of anilines is 1. The minimum absolute atomic E-state index is 0.167. The predicted molar refractivity (Wildman–Crippen MR) is 195 cm³/mol. The van der Waals surface area contributed by atoms with Crippen molar-refractivity contribution < 1.29 is 4.42 Å². The van der Waals surface area contributed by atoms with Crippen molar-refractivity contribution in [2.75, 3.05) is 11.9 Å². The van der Waals surface area contributed by atoms with Gasteiger partial charge < -0.3 is 15.1 Å². The van der Waals surface area contributed by atoms with E-state index in [0.717, 1.165) is 51.5 Å². The van der Waals surface area contributed by atoms with Gasteiger partial charge in [-0.3, -0.25) is 5.32 Å². The first-order chi connectivity index (χ1) is 23.3. The maximum Gasteiger partial charge on any atom is 0.201 e. The van der Waals surface area contributed by atoms with E-state index in [2.05, 4.69) is 143 Å². The number of nitrogens with one attached hydrogen (secondary N) is 3. The minimum Gasteiger partial charge on any atom is -0.440 e. The summed E-state index contributed by atoms with van der Waals surface area (Å²) in [6, 6.07) is 45.8. The Balaban J connectivity index is 1.14. The monoisotopic (exact) mass is 606 g/mol.